The van der Waals surface area contributed by atoms with E-state index in [1.54, 1.807) is 41.1 Å². The summed E-state index contributed by atoms with van der Waals surface area (Å²) in [6.07, 6.45) is 12.3. The zero-order chi connectivity index (χ0) is 53.0. The van der Waals surface area contributed by atoms with Crippen molar-refractivity contribution in [2.75, 3.05) is 71.4 Å². The predicted octanol–water partition coefficient (Wildman–Crippen LogP) is 9.45. The molecule has 4 heterocycles. The van der Waals surface area contributed by atoms with Gasteiger partial charge in [-0.15, -0.1) is 29.6 Å². The van der Waals surface area contributed by atoms with Crippen LogP contribution in [-0.4, -0.2) is 107 Å². The number of halogens is 3. The molecule has 0 bridgehead atoms. The van der Waals surface area contributed by atoms with Crippen molar-refractivity contribution < 1.29 is 53.7 Å². The Morgan fingerprint density at radius 1 is 0.645 bits per heavy atom. The summed E-state index contributed by atoms with van der Waals surface area (Å²) < 4.78 is 20.7. The van der Waals surface area contributed by atoms with Gasteiger partial charge in [0.15, 0.2) is 6.29 Å². The van der Waals surface area contributed by atoms with E-state index in [1.165, 1.54) is 58.4 Å². The number of likely N-dealkylation sites (tertiary alicyclic amines) is 2. The number of carbonyl (C=O) groups excluding carboxylic acids is 1. The van der Waals surface area contributed by atoms with Crippen LogP contribution in [0.5, 0.6) is 17.2 Å². The number of aldehydes is 1. The fraction of sp³-hybridized carbons (Fsp3) is 0.339. The van der Waals surface area contributed by atoms with Gasteiger partial charge in [0.05, 0.1) is 55.6 Å². The van der Waals surface area contributed by atoms with E-state index in [-0.39, 0.29) is 42.0 Å². The Morgan fingerprint density at radius 2 is 1.05 bits per heavy atom. The third kappa shape index (κ3) is 23.3. The summed E-state index contributed by atoms with van der Waals surface area (Å²) in [5.41, 5.74) is 7.66. The van der Waals surface area contributed by atoms with Gasteiger partial charge in [-0.05, 0) is 162 Å². The molecule has 6 aromatic carbocycles. The first-order valence-corrected chi connectivity index (χ1v) is 26.5. The number of aromatic nitrogens is 4. The molecule has 10 rings (SSSR count). The van der Waals surface area contributed by atoms with Gasteiger partial charge < -0.3 is 34.5 Å². The molecule has 2 saturated heterocycles. The molecule has 2 aliphatic heterocycles. The average Bonchev–Trinajstić information content (AvgIpc) is 4.29. The maximum Gasteiger partial charge on any atom is 1.00 e. The van der Waals surface area contributed by atoms with Crippen LogP contribution in [0.4, 0.5) is 5.69 Å². The molecule has 0 unspecified atom stereocenters. The number of nitrogen functional groups attached to an aromatic ring is 1. The Morgan fingerprint density at radius 3 is 1.46 bits per heavy atom. The largest absolute Gasteiger partial charge is 1.00 e. The van der Waals surface area contributed by atoms with E-state index < -0.39 is 5.60 Å². The van der Waals surface area contributed by atoms with Crippen LogP contribution in [0.3, 0.4) is 0 Å². The minimum atomic E-state index is -0.750. The van der Waals surface area contributed by atoms with Crippen LogP contribution in [0.25, 0.3) is 33.2 Å². The Hall–Kier alpha value is -4.97. The standard InChI is InChI=1S/C20H23N3O.C14H12N2O.C7H5BrO.C7H14ClN.C7H10N2O.C4H9O.ClH.Na/c1-2-7-20-17(6-1)16-21-23(20)18-8-10-19(11-9-18)24-15-5-14-22-12-3-4-13-22;1-17-13-8-6-12(7-9-13)16-14-5-3-2-4-11(14)10-15-16;8-7-4-2-1-3-6(7)5-9;8-4-3-7-9-5-1-2-6-9;1-10-7-4-2-6(9-8)3-5-7;1-4(2,3)5;;/h1-2,6-11,16H,3-5,12-15H2;2-10H,1H3;1-5H;1-7H2;2-5,9H,8H2,1H3;1-3H3;1H;/q;;;;;-1;;+1. The van der Waals surface area contributed by atoms with E-state index in [0.29, 0.717) is 5.56 Å². The van der Waals surface area contributed by atoms with E-state index in [0.717, 1.165) is 98.7 Å². The van der Waals surface area contributed by atoms with Crippen LogP contribution in [0.2, 0.25) is 0 Å². The molecule has 0 saturated carbocycles. The van der Waals surface area contributed by atoms with Crippen molar-refractivity contribution in [3.05, 3.63) is 168 Å². The van der Waals surface area contributed by atoms with Crippen LogP contribution < -0.4 is 60.1 Å². The molecule has 0 radical (unpaired) electrons. The van der Waals surface area contributed by atoms with Gasteiger partial charge in [0, 0.05) is 38.9 Å². The van der Waals surface area contributed by atoms with Gasteiger partial charge in [0.25, 0.3) is 0 Å². The number of para-hydroxylation sites is 2. The fourth-order valence-electron chi connectivity index (χ4n) is 7.79. The molecule has 17 heteroatoms. The molecule has 0 spiro atoms. The van der Waals surface area contributed by atoms with E-state index in [4.69, 9.17) is 31.7 Å². The molecular weight excluding hydrogens is 1070 g/mol. The maximum absolute atomic E-state index is 10.2. The first-order chi connectivity index (χ1) is 35.9. The number of rotatable bonds is 14. The number of nitrogens with two attached hydrogens (primary N) is 1. The molecular formula is C59H74BrCl2N8NaO5. The summed E-state index contributed by atoms with van der Waals surface area (Å²) >= 11 is 8.78. The van der Waals surface area contributed by atoms with Crippen LogP contribution in [-0.2, 0) is 0 Å². The topological polar surface area (TPSA) is 148 Å². The van der Waals surface area contributed by atoms with Crippen molar-refractivity contribution in [3.63, 3.8) is 0 Å². The van der Waals surface area contributed by atoms with E-state index in [2.05, 4.69) is 77.8 Å². The number of fused-ring (bicyclic) bond motifs is 2. The average molecular weight is 1150 g/mol. The number of hydrogen-bond acceptors (Lipinski definition) is 11. The van der Waals surface area contributed by atoms with Crippen molar-refractivity contribution in [3.8, 4) is 28.6 Å². The zero-order valence-corrected chi connectivity index (χ0v) is 50.1. The summed E-state index contributed by atoms with van der Waals surface area (Å²) in [5, 5.41) is 21.3. The summed E-state index contributed by atoms with van der Waals surface area (Å²) in [4.78, 5) is 15.2. The van der Waals surface area contributed by atoms with E-state index in [9.17, 15) is 9.90 Å². The summed E-state index contributed by atoms with van der Waals surface area (Å²) in [7, 11) is 3.29. The molecule has 0 aliphatic carbocycles. The molecule has 2 aromatic heterocycles. The van der Waals surface area contributed by atoms with Crippen molar-refractivity contribution in [2.24, 2.45) is 5.84 Å². The Balaban J connectivity index is 0.000000257. The normalized spacial score (nSPS) is 12.7. The van der Waals surface area contributed by atoms with Gasteiger partial charge >= 0.3 is 29.6 Å². The first kappa shape index (κ1) is 65.3. The fourth-order valence-corrected chi connectivity index (χ4v) is 8.29. The molecule has 2 aliphatic rings. The number of anilines is 1. The Kier molecular flexibility index (Phi) is 31.1. The molecule has 3 N–H and O–H groups in total. The van der Waals surface area contributed by atoms with Gasteiger partial charge in [-0.25, -0.2) is 9.36 Å². The van der Waals surface area contributed by atoms with Crippen LogP contribution in [0, 0.1) is 0 Å². The monoisotopic (exact) mass is 1150 g/mol. The van der Waals surface area contributed by atoms with Crippen molar-refractivity contribution in [1.29, 1.82) is 0 Å². The molecule has 0 amide bonds. The van der Waals surface area contributed by atoms with Crippen molar-refractivity contribution in [2.45, 2.75) is 64.9 Å². The number of hydrazine groups is 1. The third-order valence-electron chi connectivity index (χ3n) is 11.5. The van der Waals surface area contributed by atoms with Crippen LogP contribution in [0.1, 0.15) is 69.7 Å². The summed E-state index contributed by atoms with van der Waals surface area (Å²) in [6, 6.07) is 47.1. The quantitative estimate of drug-likeness (QED) is 0.0268. The van der Waals surface area contributed by atoms with Gasteiger partial charge in [0.1, 0.15) is 17.2 Å². The molecule has 0 atom stereocenters. The number of hydrogen-bond donors (Lipinski definition) is 2. The number of carbonyl (C=O) groups is 1. The summed E-state index contributed by atoms with van der Waals surface area (Å²) in [6.45, 7) is 13.2. The van der Waals surface area contributed by atoms with Gasteiger partial charge in [0.2, 0.25) is 0 Å². The second-order valence-electron chi connectivity index (χ2n) is 18.4. The molecule has 2 fully saturated rings. The second-order valence-corrected chi connectivity index (χ2v) is 19.6. The Bertz CT molecular complexity index is 2770. The zero-order valence-electron chi connectivity index (χ0n) is 45.0. The number of alkyl halides is 1. The summed E-state index contributed by atoms with van der Waals surface area (Å²) in [5.74, 6) is 8.58. The van der Waals surface area contributed by atoms with Gasteiger partial charge in [-0.1, -0.05) is 91.3 Å². The second kappa shape index (κ2) is 36.2. The predicted molar refractivity (Wildman–Crippen MR) is 313 cm³/mol. The van der Waals surface area contributed by atoms with Crippen LogP contribution in [0.15, 0.2) is 162 Å². The molecule has 402 valence electrons. The van der Waals surface area contributed by atoms with Gasteiger partial charge in [-0.2, -0.15) is 10.2 Å². The number of ether oxygens (including phenoxy) is 3. The maximum atomic E-state index is 10.2. The number of nitrogens with one attached hydrogen (secondary N) is 1. The molecule has 76 heavy (non-hydrogen) atoms. The molecule has 8 aromatic rings. The van der Waals surface area contributed by atoms with Crippen molar-refractivity contribution >= 4 is 73.7 Å². The van der Waals surface area contributed by atoms with Gasteiger partial charge in [-0.3, -0.25) is 10.6 Å². The first-order valence-electron chi connectivity index (χ1n) is 25.2. The number of benzene rings is 6. The van der Waals surface area contributed by atoms with E-state index >= 15 is 0 Å². The Labute approximate surface area is 491 Å². The SMILES string of the molecule is CC(C)(C)[O-].COc1ccc(-n2ncc3ccccc32)cc1.COc1ccc(NN)cc1.Cl.ClCCCN1CCCC1.O=Cc1ccccc1Br.[Na+].c1ccc2c(c1)cnn2-c1ccc(OCCCN2CCCC2)cc1. The number of methoxy groups -OCH3 is 2. The molecule has 13 nitrogen and oxygen atoms in total. The smallest absolute Gasteiger partial charge is 0.850 e. The van der Waals surface area contributed by atoms with E-state index in [1.807, 2.05) is 125 Å². The van der Waals surface area contributed by atoms with Crippen molar-refractivity contribution in [1.82, 2.24) is 29.4 Å². The third-order valence-corrected chi connectivity index (χ3v) is 12.5. The van der Waals surface area contributed by atoms with Crippen LogP contribution >= 0.6 is 39.9 Å². The number of nitrogens with zero attached hydrogens (tertiary/aromatic N) is 6. The minimum absolute atomic E-state index is 0. The minimum Gasteiger partial charge on any atom is -0.850 e.